The molecule has 0 bridgehead atoms. The van der Waals surface area contributed by atoms with E-state index in [0.717, 1.165) is 5.39 Å². The third-order valence-corrected chi connectivity index (χ3v) is 5.84. The lowest BCUT2D eigenvalue weighted by Gasteiger charge is -2.12. The lowest BCUT2D eigenvalue weighted by molar-refractivity contribution is -0.137. The molecule has 0 fully saturated rings. The van der Waals surface area contributed by atoms with Crippen LogP contribution in [0.2, 0.25) is 5.02 Å². The minimum Gasteiger partial charge on any atom is -0.481 e. The molecule has 148 valence electrons. The Morgan fingerprint density at radius 1 is 1.07 bits per heavy atom. The van der Waals surface area contributed by atoms with Crippen LogP contribution >= 0.6 is 11.6 Å². The average Bonchev–Trinajstić information content (AvgIpc) is 2.69. The van der Waals surface area contributed by atoms with Crippen LogP contribution in [-0.4, -0.2) is 19.5 Å². The predicted octanol–water partition coefficient (Wildman–Crippen LogP) is 4.90. The summed E-state index contributed by atoms with van der Waals surface area (Å²) >= 11 is 6.04. The number of hydrogen-bond acceptors (Lipinski definition) is 3. The molecule has 0 saturated heterocycles. The van der Waals surface area contributed by atoms with Gasteiger partial charge >= 0.3 is 5.97 Å². The molecule has 29 heavy (non-hydrogen) atoms. The van der Waals surface area contributed by atoms with Crippen molar-refractivity contribution in [2.75, 3.05) is 4.72 Å². The van der Waals surface area contributed by atoms with Crippen molar-refractivity contribution in [1.29, 1.82) is 0 Å². The second-order valence-corrected chi connectivity index (χ2v) is 8.41. The van der Waals surface area contributed by atoms with Gasteiger partial charge in [0, 0.05) is 23.3 Å². The topological polar surface area (TPSA) is 83.5 Å². The van der Waals surface area contributed by atoms with Crippen LogP contribution in [0.3, 0.4) is 0 Å². The number of carboxylic acid groups (broad SMARTS) is 1. The van der Waals surface area contributed by atoms with Gasteiger partial charge in [0.2, 0.25) is 0 Å². The second kappa shape index (κ2) is 8.99. The molecule has 3 aromatic carbocycles. The third-order valence-electron chi connectivity index (χ3n) is 4.18. The van der Waals surface area contributed by atoms with E-state index in [1.165, 1.54) is 0 Å². The van der Waals surface area contributed by atoms with Gasteiger partial charge in [-0.2, -0.15) is 0 Å². The molecular weight excluding hydrogens is 410 g/mol. The number of benzene rings is 3. The Hall–Kier alpha value is -3.01. The minimum atomic E-state index is -3.86. The second-order valence-electron chi connectivity index (χ2n) is 6.32. The molecule has 0 heterocycles. The summed E-state index contributed by atoms with van der Waals surface area (Å²) in [5, 5.41) is 10.6. The Balaban J connectivity index is 1.91. The number of halogens is 1. The van der Waals surface area contributed by atoms with Crippen LogP contribution in [0, 0.1) is 11.8 Å². The summed E-state index contributed by atoms with van der Waals surface area (Å²) in [6.07, 6.45) is 0.832. The molecule has 0 aromatic heterocycles. The van der Waals surface area contributed by atoms with Crippen molar-refractivity contribution in [3.8, 4) is 11.8 Å². The molecule has 0 unspecified atom stereocenters. The lowest BCUT2D eigenvalue weighted by atomic mass is 10.1. The fraction of sp³-hybridized carbons (Fsp3) is 0.136. The van der Waals surface area contributed by atoms with Crippen molar-refractivity contribution in [3.63, 3.8) is 0 Å². The standard InChI is InChI=1S/C22H18ClNO4S/c23-18-13-14-20(17(15-18)8-2-1-3-12-22(25)26)24-29(27,28)21-11-6-9-16-7-4-5-10-19(16)21/h4-7,9-11,13-15,24H,1,3,12H2,(H,25,26). The Morgan fingerprint density at radius 2 is 1.83 bits per heavy atom. The first-order valence-corrected chi connectivity index (χ1v) is 10.7. The minimum absolute atomic E-state index is 0.0325. The molecule has 0 aliphatic carbocycles. The molecule has 3 rings (SSSR count). The van der Waals surface area contributed by atoms with Gasteiger partial charge in [-0.15, -0.1) is 0 Å². The highest BCUT2D eigenvalue weighted by atomic mass is 35.5. The Morgan fingerprint density at radius 3 is 2.62 bits per heavy atom. The lowest BCUT2D eigenvalue weighted by Crippen LogP contribution is -2.14. The average molecular weight is 428 g/mol. The number of carbonyl (C=O) groups is 1. The maximum atomic E-state index is 13.0. The summed E-state index contributed by atoms with van der Waals surface area (Å²) in [5.41, 5.74) is 0.740. The summed E-state index contributed by atoms with van der Waals surface area (Å²) in [5.74, 6) is 4.88. The van der Waals surface area contributed by atoms with E-state index in [2.05, 4.69) is 16.6 Å². The van der Waals surface area contributed by atoms with Gasteiger partial charge in [0.05, 0.1) is 16.1 Å². The van der Waals surface area contributed by atoms with Gasteiger partial charge < -0.3 is 5.11 Å². The van der Waals surface area contributed by atoms with E-state index in [0.29, 0.717) is 34.5 Å². The first-order valence-electron chi connectivity index (χ1n) is 8.87. The first-order chi connectivity index (χ1) is 13.9. The molecule has 0 spiro atoms. The van der Waals surface area contributed by atoms with Crippen LogP contribution in [0.4, 0.5) is 5.69 Å². The fourth-order valence-electron chi connectivity index (χ4n) is 2.82. The van der Waals surface area contributed by atoms with Gasteiger partial charge in [0.15, 0.2) is 0 Å². The maximum Gasteiger partial charge on any atom is 0.303 e. The van der Waals surface area contributed by atoms with Gasteiger partial charge in [-0.05, 0) is 36.1 Å². The summed E-state index contributed by atoms with van der Waals surface area (Å²) in [7, 11) is -3.86. The zero-order valence-corrected chi connectivity index (χ0v) is 16.9. The van der Waals surface area contributed by atoms with E-state index in [1.807, 2.05) is 18.2 Å². The molecule has 2 N–H and O–H groups in total. The highest BCUT2D eigenvalue weighted by Crippen LogP contribution is 2.27. The molecule has 0 aliphatic heterocycles. The van der Waals surface area contributed by atoms with Gasteiger partial charge in [-0.1, -0.05) is 59.8 Å². The first kappa shape index (κ1) is 20.7. The van der Waals surface area contributed by atoms with Gasteiger partial charge in [-0.25, -0.2) is 8.42 Å². The van der Waals surface area contributed by atoms with Crippen molar-refractivity contribution in [3.05, 3.63) is 71.2 Å². The number of nitrogens with one attached hydrogen (secondary N) is 1. The monoisotopic (exact) mass is 427 g/mol. The largest absolute Gasteiger partial charge is 0.481 e. The maximum absolute atomic E-state index is 13.0. The smallest absolute Gasteiger partial charge is 0.303 e. The van der Waals surface area contributed by atoms with E-state index in [4.69, 9.17) is 16.7 Å². The zero-order chi connectivity index (χ0) is 20.9. The van der Waals surface area contributed by atoms with E-state index in [-0.39, 0.29) is 11.3 Å². The van der Waals surface area contributed by atoms with Gasteiger partial charge in [0.1, 0.15) is 0 Å². The van der Waals surface area contributed by atoms with Gasteiger partial charge in [0.25, 0.3) is 10.0 Å². The Kier molecular flexibility index (Phi) is 6.42. The van der Waals surface area contributed by atoms with E-state index < -0.39 is 16.0 Å². The van der Waals surface area contributed by atoms with Crippen molar-refractivity contribution in [2.24, 2.45) is 0 Å². The quantitative estimate of drug-likeness (QED) is 0.433. The summed E-state index contributed by atoms with van der Waals surface area (Å²) in [4.78, 5) is 10.7. The zero-order valence-electron chi connectivity index (χ0n) is 15.4. The number of hydrogen-bond donors (Lipinski definition) is 2. The third kappa shape index (κ3) is 5.29. The molecule has 3 aromatic rings. The summed E-state index contributed by atoms with van der Waals surface area (Å²) in [6.45, 7) is 0. The van der Waals surface area contributed by atoms with Crippen LogP contribution < -0.4 is 4.72 Å². The van der Waals surface area contributed by atoms with Gasteiger partial charge in [-0.3, -0.25) is 9.52 Å². The number of rotatable bonds is 6. The van der Waals surface area contributed by atoms with Crippen molar-refractivity contribution in [2.45, 2.75) is 24.2 Å². The Bertz CT molecular complexity index is 1220. The molecule has 0 aliphatic rings. The summed E-state index contributed by atoms with van der Waals surface area (Å²) in [6, 6.07) is 17.1. The molecule has 7 heteroatoms. The normalized spacial score (nSPS) is 10.9. The molecule has 5 nitrogen and oxygen atoms in total. The van der Waals surface area contributed by atoms with Crippen molar-refractivity contribution < 1.29 is 18.3 Å². The van der Waals surface area contributed by atoms with E-state index in [1.54, 1.807) is 42.5 Å². The van der Waals surface area contributed by atoms with Crippen LogP contribution in [0.25, 0.3) is 10.8 Å². The summed E-state index contributed by atoms with van der Waals surface area (Å²) < 4.78 is 28.7. The van der Waals surface area contributed by atoms with Crippen LogP contribution in [0.5, 0.6) is 0 Å². The number of anilines is 1. The van der Waals surface area contributed by atoms with E-state index in [9.17, 15) is 13.2 Å². The molecule has 0 atom stereocenters. The van der Waals surface area contributed by atoms with Crippen LogP contribution in [0.1, 0.15) is 24.8 Å². The number of unbranched alkanes of at least 4 members (excludes halogenated alkanes) is 1. The molecule has 0 radical (unpaired) electrons. The number of aliphatic carboxylic acids is 1. The molecular formula is C22H18ClNO4S. The number of carboxylic acids is 1. The Labute approximate surface area is 174 Å². The van der Waals surface area contributed by atoms with Crippen LogP contribution in [0.15, 0.2) is 65.6 Å². The highest BCUT2D eigenvalue weighted by Gasteiger charge is 2.18. The van der Waals surface area contributed by atoms with E-state index >= 15 is 0 Å². The molecule has 0 amide bonds. The number of sulfonamides is 1. The van der Waals surface area contributed by atoms with Crippen molar-refractivity contribution in [1.82, 2.24) is 0 Å². The van der Waals surface area contributed by atoms with Crippen LogP contribution in [-0.2, 0) is 14.8 Å². The SMILES string of the molecule is O=C(O)CCCC#Cc1cc(Cl)ccc1NS(=O)(=O)c1cccc2ccccc12. The predicted molar refractivity (Wildman–Crippen MR) is 115 cm³/mol. The van der Waals surface area contributed by atoms with Crippen molar-refractivity contribution >= 4 is 44.1 Å². The fourth-order valence-corrected chi connectivity index (χ4v) is 4.31. The molecule has 0 saturated carbocycles. The highest BCUT2D eigenvalue weighted by molar-refractivity contribution is 7.93. The number of fused-ring (bicyclic) bond motifs is 1.